The van der Waals surface area contributed by atoms with E-state index in [1.165, 1.54) is 12.1 Å². The van der Waals surface area contributed by atoms with Gasteiger partial charge >= 0.3 is 0 Å². The number of halogens is 1. The molecule has 0 aliphatic rings. The van der Waals surface area contributed by atoms with Crippen LogP contribution in [0.15, 0.2) is 36.4 Å². The first-order chi connectivity index (χ1) is 8.60. The zero-order chi connectivity index (χ0) is 13.1. The Morgan fingerprint density at radius 3 is 2.06 bits per heavy atom. The van der Waals surface area contributed by atoms with Crippen molar-refractivity contribution in [3.8, 4) is 0 Å². The molecule has 1 heterocycles. The SMILES string of the molecule is CNC(c1ccc(F)cc1)c1cc(C)nc(C)c1. The number of aryl methyl sites for hydroxylation is 2. The molecular weight excluding hydrogens is 227 g/mol. The van der Waals surface area contributed by atoms with E-state index in [2.05, 4.69) is 22.4 Å². The van der Waals surface area contributed by atoms with Crippen LogP contribution in [0.2, 0.25) is 0 Å². The number of nitrogens with zero attached hydrogens (tertiary/aromatic N) is 1. The third-order valence-corrected chi connectivity index (χ3v) is 2.93. The van der Waals surface area contributed by atoms with Crippen molar-refractivity contribution in [1.82, 2.24) is 10.3 Å². The average molecular weight is 244 g/mol. The van der Waals surface area contributed by atoms with Crippen molar-refractivity contribution in [3.63, 3.8) is 0 Å². The van der Waals surface area contributed by atoms with Crippen LogP contribution in [0, 0.1) is 19.7 Å². The number of pyridine rings is 1. The highest BCUT2D eigenvalue weighted by Crippen LogP contribution is 2.22. The standard InChI is InChI=1S/C15H17FN2/c1-10-8-13(9-11(2)18-10)15(17-3)12-4-6-14(16)7-5-12/h4-9,15,17H,1-3H3. The summed E-state index contributed by atoms with van der Waals surface area (Å²) in [6.07, 6.45) is 0. The summed E-state index contributed by atoms with van der Waals surface area (Å²) in [5.41, 5.74) is 4.18. The van der Waals surface area contributed by atoms with E-state index >= 15 is 0 Å². The fourth-order valence-electron chi connectivity index (χ4n) is 2.21. The van der Waals surface area contributed by atoms with Gasteiger partial charge in [0.05, 0.1) is 6.04 Å². The smallest absolute Gasteiger partial charge is 0.123 e. The lowest BCUT2D eigenvalue weighted by Gasteiger charge is -2.18. The van der Waals surface area contributed by atoms with Gasteiger partial charge in [0, 0.05) is 11.4 Å². The topological polar surface area (TPSA) is 24.9 Å². The Labute approximate surface area is 107 Å². The number of hydrogen-bond acceptors (Lipinski definition) is 2. The maximum Gasteiger partial charge on any atom is 0.123 e. The number of benzene rings is 1. The summed E-state index contributed by atoms with van der Waals surface area (Å²) >= 11 is 0. The van der Waals surface area contributed by atoms with E-state index in [1.54, 1.807) is 0 Å². The number of aromatic nitrogens is 1. The summed E-state index contributed by atoms with van der Waals surface area (Å²) in [4.78, 5) is 4.37. The van der Waals surface area contributed by atoms with Gasteiger partial charge in [0.2, 0.25) is 0 Å². The Morgan fingerprint density at radius 1 is 1.00 bits per heavy atom. The molecule has 2 rings (SSSR count). The molecule has 0 spiro atoms. The van der Waals surface area contributed by atoms with Crippen LogP contribution in [-0.4, -0.2) is 12.0 Å². The maximum atomic E-state index is 13.0. The molecule has 0 saturated heterocycles. The predicted octanol–water partition coefficient (Wildman–Crippen LogP) is 3.15. The van der Waals surface area contributed by atoms with Gasteiger partial charge in [-0.25, -0.2) is 4.39 Å². The van der Waals surface area contributed by atoms with E-state index < -0.39 is 0 Å². The van der Waals surface area contributed by atoms with E-state index in [0.29, 0.717) is 0 Å². The highest BCUT2D eigenvalue weighted by molar-refractivity contribution is 5.33. The van der Waals surface area contributed by atoms with Crippen molar-refractivity contribution < 1.29 is 4.39 Å². The van der Waals surface area contributed by atoms with Crippen molar-refractivity contribution in [2.45, 2.75) is 19.9 Å². The van der Waals surface area contributed by atoms with Gasteiger partial charge in [-0.3, -0.25) is 4.98 Å². The summed E-state index contributed by atoms with van der Waals surface area (Å²) in [6.45, 7) is 3.96. The quantitative estimate of drug-likeness (QED) is 0.897. The lowest BCUT2D eigenvalue weighted by Crippen LogP contribution is -2.18. The zero-order valence-electron chi connectivity index (χ0n) is 10.9. The van der Waals surface area contributed by atoms with E-state index in [-0.39, 0.29) is 11.9 Å². The van der Waals surface area contributed by atoms with Crippen LogP contribution in [0.4, 0.5) is 4.39 Å². The van der Waals surface area contributed by atoms with Gasteiger partial charge in [0.25, 0.3) is 0 Å². The highest BCUT2D eigenvalue weighted by atomic mass is 19.1. The van der Waals surface area contributed by atoms with Crippen molar-refractivity contribution in [2.75, 3.05) is 7.05 Å². The monoisotopic (exact) mass is 244 g/mol. The van der Waals surface area contributed by atoms with Crippen molar-refractivity contribution in [2.24, 2.45) is 0 Å². The second-order valence-electron chi connectivity index (χ2n) is 4.46. The van der Waals surface area contributed by atoms with Gasteiger partial charge in [-0.1, -0.05) is 12.1 Å². The van der Waals surface area contributed by atoms with Crippen LogP contribution in [-0.2, 0) is 0 Å². The van der Waals surface area contributed by atoms with E-state index in [4.69, 9.17) is 0 Å². The Balaban J connectivity index is 2.41. The molecule has 0 bridgehead atoms. The minimum atomic E-state index is -0.212. The normalized spacial score (nSPS) is 12.4. The van der Waals surface area contributed by atoms with Gasteiger partial charge in [-0.2, -0.15) is 0 Å². The molecule has 1 atom stereocenters. The van der Waals surface area contributed by atoms with Gasteiger partial charge < -0.3 is 5.32 Å². The molecule has 1 aromatic heterocycles. The fraction of sp³-hybridized carbons (Fsp3) is 0.267. The third-order valence-electron chi connectivity index (χ3n) is 2.93. The summed E-state index contributed by atoms with van der Waals surface area (Å²) in [7, 11) is 1.90. The third kappa shape index (κ3) is 2.74. The first kappa shape index (κ1) is 12.7. The molecule has 0 fully saturated rings. The molecule has 0 saturated carbocycles. The van der Waals surface area contributed by atoms with Crippen LogP contribution in [0.5, 0.6) is 0 Å². The second-order valence-corrected chi connectivity index (χ2v) is 4.46. The first-order valence-electron chi connectivity index (χ1n) is 5.98. The van der Waals surface area contributed by atoms with Crippen molar-refractivity contribution >= 4 is 0 Å². The molecule has 0 aliphatic heterocycles. The van der Waals surface area contributed by atoms with Crippen LogP contribution in [0.3, 0.4) is 0 Å². The molecule has 0 amide bonds. The summed E-state index contributed by atoms with van der Waals surface area (Å²) in [5, 5.41) is 3.26. The molecule has 2 aromatic rings. The molecule has 2 nitrogen and oxygen atoms in total. The predicted molar refractivity (Wildman–Crippen MR) is 71.0 cm³/mol. The number of rotatable bonds is 3. The molecule has 1 N–H and O–H groups in total. The van der Waals surface area contributed by atoms with Gasteiger partial charge in [0.15, 0.2) is 0 Å². The largest absolute Gasteiger partial charge is 0.309 e. The highest BCUT2D eigenvalue weighted by Gasteiger charge is 2.12. The maximum absolute atomic E-state index is 13.0. The number of nitrogens with one attached hydrogen (secondary N) is 1. The van der Waals surface area contributed by atoms with E-state index in [1.807, 2.05) is 33.0 Å². The Bertz CT molecular complexity index is 514. The minimum Gasteiger partial charge on any atom is -0.309 e. The van der Waals surface area contributed by atoms with Crippen LogP contribution in [0.25, 0.3) is 0 Å². The van der Waals surface area contributed by atoms with Gasteiger partial charge in [-0.15, -0.1) is 0 Å². The van der Waals surface area contributed by atoms with Gasteiger partial charge in [0.1, 0.15) is 5.82 Å². The lowest BCUT2D eigenvalue weighted by molar-refractivity contribution is 0.623. The Kier molecular flexibility index (Phi) is 3.72. The Hall–Kier alpha value is -1.74. The average Bonchev–Trinajstić information content (AvgIpc) is 2.31. The van der Waals surface area contributed by atoms with Crippen LogP contribution < -0.4 is 5.32 Å². The molecular formula is C15H17FN2. The molecule has 94 valence electrons. The van der Waals surface area contributed by atoms with Crippen molar-refractivity contribution in [1.29, 1.82) is 0 Å². The fourth-order valence-corrected chi connectivity index (χ4v) is 2.21. The van der Waals surface area contributed by atoms with Crippen molar-refractivity contribution in [3.05, 3.63) is 64.7 Å². The Morgan fingerprint density at radius 2 is 1.56 bits per heavy atom. The minimum absolute atomic E-state index is 0.0611. The number of hydrogen-bond donors (Lipinski definition) is 1. The molecule has 18 heavy (non-hydrogen) atoms. The summed E-state index contributed by atoms with van der Waals surface area (Å²) in [5.74, 6) is -0.212. The lowest BCUT2D eigenvalue weighted by atomic mass is 9.98. The molecule has 0 radical (unpaired) electrons. The molecule has 1 aromatic carbocycles. The molecule has 1 unspecified atom stereocenters. The van der Waals surface area contributed by atoms with Crippen LogP contribution in [0.1, 0.15) is 28.6 Å². The molecule has 3 heteroatoms. The zero-order valence-corrected chi connectivity index (χ0v) is 10.9. The first-order valence-corrected chi connectivity index (χ1v) is 5.98. The molecule has 0 aliphatic carbocycles. The second kappa shape index (κ2) is 5.27. The van der Waals surface area contributed by atoms with Gasteiger partial charge in [-0.05, 0) is 56.3 Å². The summed E-state index contributed by atoms with van der Waals surface area (Å²) in [6, 6.07) is 10.8. The van der Waals surface area contributed by atoms with E-state index in [9.17, 15) is 4.39 Å². The summed E-state index contributed by atoms with van der Waals surface area (Å²) < 4.78 is 13.0. The van der Waals surface area contributed by atoms with Crippen LogP contribution >= 0.6 is 0 Å². The van der Waals surface area contributed by atoms with E-state index in [0.717, 1.165) is 22.5 Å².